The largest absolute Gasteiger partial charge is 0.493 e. The van der Waals surface area contributed by atoms with Gasteiger partial charge in [-0.25, -0.2) is 0 Å². The molecule has 3 nitrogen and oxygen atoms in total. The Kier molecular flexibility index (Phi) is 5.23. The van der Waals surface area contributed by atoms with Gasteiger partial charge in [-0.2, -0.15) is 0 Å². The van der Waals surface area contributed by atoms with Crippen LogP contribution in [0.3, 0.4) is 0 Å². The Morgan fingerprint density at radius 1 is 1.37 bits per heavy atom. The van der Waals surface area contributed by atoms with E-state index in [1.54, 1.807) is 7.11 Å². The van der Waals surface area contributed by atoms with Crippen LogP contribution in [-0.2, 0) is 17.6 Å². The molecule has 0 fully saturated rings. The Bertz CT molecular complexity index is 404. The van der Waals surface area contributed by atoms with Gasteiger partial charge in [-0.3, -0.25) is 0 Å². The van der Waals surface area contributed by atoms with Crippen LogP contribution >= 0.6 is 0 Å². The van der Waals surface area contributed by atoms with Crippen LogP contribution in [0.5, 0.6) is 5.75 Å². The van der Waals surface area contributed by atoms with Crippen molar-refractivity contribution in [3.8, 4) is 5.75 Å². The first-order valence-electron chi connectivity index (χ1n) is 7.17. The average Bonchev–Trinajstić information content (AvgIpc) is 2.85. The van der Waals surface area contributed by atoms with E-state index in [4.69, 9.17) is 9.47 Å². The Balaban J connectivity index is 1.82. The van der Waals surface area contributed by atoms with Gasteiger partial charge in [0.15, 0.2) is 0 Å². The molecule has 1 atom stereocenters. The molecular formula is C16H25NO2. The monoisotopic (exact) mass is 263 g/mol. The zero-order valence-electron chi connectivity index (χ0n) is 12.2. The maximum Gasteiger partial charge on any atom is 0.122 e. The second kappa shape index (κ2) is 6.92. The average molecular weight is 263 g/mol. The van der Waals surface area contributed by atoms with Crippen molar-refractivity contribution in [2.75, 3.05) is 26.9 Å². The fourth-order valence-corrected chi connectivity index (χ4v) is 2.46. The summed E-state index contributed by atoms with van der Waals surface area (Å²) in [5.74, 6) is 1.66. The summed E-state index contributed by atoms with van der Waals surface area (Å²) in [7, 11) is 1.76. The van der Waals surface area contributed by atoms with Crippen molar-refractivity contribution < 1.29 is 9.47 Å². The van der Waals surface area contributed by atoms with Crippen molar-refractivity contribution in [3.63, 3.8) is 0 Å². The van der Waals surface area contributed by atoms with Crippen LogP contribution in [0.15, 0.2) is 18.2 Å². The number of nitrogens with one attached hydrogen (secondary N) is 1. The number of ether oxygens (including phenoxy) is 2. The van der Waals surface area contributed by atoms with Gasteiger partial charge in [0, 0.05) is 19.6 Å². The molecule has 2 rings (SSSR count). The molecule has 1 aromatic rings. The SMILES string of the molecule is COCC(NCCc1ccc2c(c1)CCO2)C(C)C. The first kappa shape index (κ1) is 14.4. The van der Waals surface area contributed by atoms with E-state index in [1.807, 2.05) is 0 Å². The molecule has 0 aromatic heterocycles. The topological polar surface area (TPSA) is 30.5 Å². The molecule has 0 saturated carbocycles. The maximum absolute atomic E-state index is 5.53. The second-order valence-corrected chi connectivity index (χ2v) is 5.55. The van der Waals surface area contributed by atoms with Crippen LogP contribution in [0.2, 0.25) is 0 Å². The van der Waals surface area contributed by atoms with Gasteiger partial charge in [0.2, 0.25) is 0 Å². The van der Waals surface area contributed by atoms with E-state index in [1.165, 1.54) is 11.1 Å². The van der Waals surface area contributed by atoms with Gasteiger partial charge in [-0.05, 0) is 36.1 Å². The molecule has 0 spiro atoms. The molecule has 0 saturated heterocycles. The number of hydrogen-bond donors (Lipinski definition) is 1. The standard InChI is InChI=1S/C16H25NO2/c1-12(2)15(11-18-3)17-8-6-13-4-5-16-14(10-13)7-9-19-16/h4-5,10,12,15,17H,6-9,11H2,1-3H3. The zero-order valence-corrected chi connectivity index (χ0v) is 12.2. The summed E-state index contributed by atoms with van der Waals surface area (Å²) >= 11 is 0. The molecule has 1 N–H and O–H groups in total. The Morgan fingerprint density at radius 3 is 2.95 bits per heavy atom. The fourth-order valence-electron chi connectivity index (χ4n) is 2.46. The van der Waals surface area contributed by atoms with Crippen LogP contribution < -0.4 is 10.1 Å². The molecule has 1 aliphatic heterocycles. The number of benzene rings is 1. The first-order valence-corrected chi connectivity index (χ1v) is 7.17. The number of hydrogen-bond acceptors (Lipinski definition) is 3. The summed E-state index contributed by atoms with van der Waals surface area (Å²) in [5, 5.41) is 3.58. The predicted octanol–water partition coefficient (Wildman–Crippen LogP) is 2.42. The minimum atomic E-state index is 0.433. The Morgan fingerprint density at radius 2 is 2.21 bits per heavy atom. The molecule has 3 heteroatoms. The lowest BCUT2D eigenvalue weighted by molar-refractivity contribution is 0.147. The molecule has 0 bridgehead atoms. The third-order valence-corrected chi connectivity index (χ3v) is 3.73. The molecule has 1 heterocycles. The van der Waals surface area contributed by atoms with Gasteiger partial charge >= 0.3 is 0 Å². The zero-order chi connectivity index (χ0) is 13.7. The summed E-state index contributed by atoms with van der Waals surface area (Å²) in [5.41, 5.74) is 2.74. The summed E-state index contributed by atoms with van der Waals surface area (Å²) in [6.45, 7) is 7.05. The minimum Gasteiger partial charge on any atom is -0.493 e. The van der Waals surface area contributed by atoms with E-state index in [2.05, 4.69) is 37.4 Å². The highest BCUT2D eigenvalue weighted by Gasteiger charge is 2.13. The fraction of sp³-hybridized carbons (Fsp3) is 0.625. The maximum atomic E-state index is 5.53. The van der Waals surface area contributed by atoms with Crippen molar-refractivity contribution >= 4 is 0 Å². The quantitative estimate of drug-likeness (QED) is 0.819. The van der Waals surface area contributed by atoms with Gasteiger partial charge in [0.25, 0.3) is 0 Å². The third kappa shape index (κ3) is 3.95. The van der Waals surface area contributed by atoms with E-state index in [9.17, 15) is 0 Å². The van der Waals surface area contributed by atoms with Gasteiger partial charge in [0.1, 0.15) is 5.75 Å². The molecular weight excluding hydrogens is 238 g/mol. The van der Waals surface area contributed by atoms with Gasteiger partial charge in [0.05, 0.1) is 13.2 Å². The van der Waals surface area contributed by atoms with Crippen molar-refractivity contribution in [2.45, 2.75) is 32.7 Å². The highest BCUT2D eigenvalue weighted by Crippen LogP contribution is 2.25. The highest BCUT2D eigenvalue weighted by atomic mass is 16.5. The van der Waals surface area contributed by atoms with Crippen LogP contribution in [0.4, 0.5) is 0 Å². The normalized spacial score (nSPS) is 15.4. The predicted molar refractivity (Wildman–Crippen MR) is 77.8 cm³/mol. The van der Waals surface area contributed by atoms with E-state index in [0.29, 0.717) is 12.0 Å². The first-order chi connectivity index (χ1) is 9.20. The van der Waals surface area contributed by atoms with E-state index in [0.717, 1.165) is 38.3 Å². The number of rotatable bonds is 7. The van der Waals surface area contributed by atoms with Crippen molar-refractivity contribution in [2.24, 2.45) is 5.92 Å². The van der Waals surface area contributed by atoms with Gasteiger partial charge in [-0.1, -0.05) is 26.0 Å². The van der Waals surface area contributed by atoms with E-state index >= 15 is 0 Å². The van der Waals surface area contributed by atoms with Crippen molar-refractivity contribution in [1.29, 1.82) is 0 Å². The van der Waals surface area contributed by atoms with E-state index in [-0.39, 0.29) is 0 Å². The Hall–Kier alpha value is -1.06. The van der Waals surface area contributed by atoms with Crippen molar-refractivity contribution in [1.82, 2.24) is 5.32 Å². The summed E-state index contributed by atoms with van der Waals surface area (Å²) < 4.78 is 10.8. The van der Waals surface area contributed by atoms with E-state index < -0.39 is 0 Å². The molecule has 0 amide bonds. The van der Waals surface area contributed by atoms with Crippen LogP contribution in [-0.4, -0.2) is 32.9 Å². The molecule has 1 aromatic carbocycles. The highest BCUT2D eigenvalue weighted by molar-refractivity contribution is 5.39. The lowest BCUT2D eigenvalue weighted by Crippen LogP contribution is -2.38. The smallest absolute Gasteiger partial charge is 0.122 e. The molecule has 1 unspecified atom stereocenters. The number of fused-ring (bicyclic) bond motifs is 1. The van der Waals surface area contributed by atoms with Crippen LogP contribution in [0, 0.1) is 5.92 Å². The van der Waals surface area contributed by atoms with Crippen molar-refractivity contribution in [3.05, 3.63) is 29.3 Å². The summed E-state index contributed by atoms with van der Waals surface area (Å²) in [6, 6.07) is 6.99. The minimum absolute atomic E-state index is 0.433. The lowest BCUT2D eigenvalue weighted by Gasteiger charge is -2.21. The lowest BCUT2D eigenvalue weighted by atomic mass is 10.0. The molecule has 0 radical (unpaired) electrons. The molecule has 0 aliphatic carbocycles. The molecule has 19 heavy (non-hydrogen) atoms. The molecule has 106 valence electrons. The Labute approximate surface area is 116 Å². The number of methoxy groups -OCH3 is 1. The third-order valence-electron chi connectivity index (χ3n) is 3.73. The summed E-state index contributed by atoms with van der Waals surface area (Å²) in [4.78, 5) is 0. The van der Waals surface area contributed by atoms with Crippen LogP contribution in [0.1, 0.15) is 25.0 Å². The van der Waals surface area contributed by atoms with Crippen LogP contribution in [0.25, 0.3) is 0 Å². The van der Waals surface area contributed by atoms with Gasteiger partial charge < -0.3 is 14.8 Å². The molecule has 1 aliphatic rings. The summed E-state index contributed by atoms with van der Waals surface area (Å²) in [6.07, 6.45) is 2.11. The van der Waals surface area contributed by atoms with Gasteiger partial charge in [-0.15, -0.1) is 0 Å². The second-order valence-electron chi connectivity index (χ2n) is 5.55.